The largest absolute Gasteiger partial charge is 0.468 e. The number of halogens is 3. The third-order valence-electron chi connectivity index (χ3n) is 4.21. The lowest BCUT2D eigenvalue weighted by Crippen LogP contribution is -2.34. The highest BCUT2D eigenvalue weighted by atomic mass is 19.4. The summed E-state index contributed by atoms with van der Waals surface area (Å²) in [5.41, 5.74) is 1.74. The van der Waals surface area contributed by atoms with Crippen molar-refractivity contribution in [3.8, 4) is 5.88 Å². The lowest BCUT2D eigenvalue weighted by atomic mass is 10.2. The lowest BCUT2D eigenvalue weighted by Gasteiger charge is -2.11. The van der Waals surface area contributed by atoms with Gasteiger partial charge in [-0.05, 0) is 24.6 Å². The first-order valence-electron chi connectivity index (χ1n) is 9.20. The Labute approximate surface area is 174 Å². The van der Waals surface area contributed by atoms with E-state index in [1.807, 2.05) is 0 Å². The van der Waals surface area contributed by atoms with Crippen molar-refractivity contribution in [2.24, 2.45) is 0 Å². The second-order valence-electron chi connectivity index (χ2n) is 6.83. The Morgan fingerprint density at radius 1 is 1.35 bits per heavy atom. The number of nitrogens with one attached hydrogen (secondary N) is 1. The SMILES string of the molecule is Cc1cc(Cn2cc3c(C(=O)NC[C@@H](O)CO)nccc3n2)cnc1OCC(F)(F)F. The van der Waals surface area contributed by atoms with Gasteiger partial charge in [0.05, 0.1) is 30.2 Å². The van der Waals surface area contributed by atoms with Crippen LogP contribution in [0.3, 0.4) is 0 Å². The second kappa shape index (κ2) is 9.27. The van der Waals surface area contributed by atoms with Crippen molar-refractivity contribution >= 4 is 16.8 Å². The summed E-state index contributed by atoms with van der Waals surface area (Å²) < 4.78 is 43.2. The van der Waals surface area contributed by atoms with E-state index in [9.17, 15) is 23.1 Å². The number of fused-ring (bicyclic) bond motifs is 1. The van der Waals surface area contributed by atoms with Gasteiger partial charge in [-0.15, -0.1) is 0 Å². The van der Waals surface area contributed by atoms with Crippen molar-refractivity contribution in [1.29, 1.82) is 0 Å². The van der Waals surface area contributed by atoms with Crippen LogP contribution >= 0.6 is 0 Å². The van der Waals surface area contributed by atoms with E-state index in [2.05, 4.69) is 20.4 Å². The maximum atomic E-state index is 12.4. The first kappa shape index (κ1) is 22.4. The predicted octanol–water partition coefficient (Wildman–Crippen LogP) is 1.21. The number of aryl methyl sites for hydroxylation is 1. The molecule has 1 atom stereocenters. The third kappa shape index (κ3) is 5.89. The van der Waals surface area contributed by atoms with Gasteiger partial charge < -0.3 is 20.3 Å². The number of aromatic nitrogens is 4. The summed E-state index contributed by atoms with van der Waals surface area (Å²) in [6.45, 7) is -0.183. The molecule has 0 saturated heterocycles. The molecule has 3 aromatic rings. The van der Waals surface area contributed by atoms with Crippen LogP contribution in [0, 0.1) is 6.92 Å². The monoisotopic (exact) mass is 439 g/mol. The number of amides is 1. The van der Waals surface area contributed by atoms with Gasteiger partial charge in [-0.25, -0.2) is 4.98 Å². The van der Waals surface area contributed by atoms with Crippen LogP contribution in [-0.2, 0) is 6.54 Å². The quantitative estimate of drug-likeness (QED) is 0.482. The smallest absolute Gasteiger partial charge is 0.422 e. The topological polar surface area (TPSA) is 122 Å². The van der Waals surface area contributed by atoms with Gasteiger partial charge in [-0.2, -0.15) is 18.3 Å². The molecule has 0 saturated carbocycles. The predicted molar refractivity (Wildman–Crippen MR) is 103 cm³/mol. The molecular formula is C19H20F3N5O4. The van der Waals surface area contributed by atoms with Gasteiger partial charge in [0.25, 0.3) is 5.91 Å². The Hall–Kier alpha value is -3.25. The fraction of sp³-hybridized carbons (Fsp3) is 0.368. The summed E-state index contributed by atoms with van der Waals surface area (Å²) in [5, 5.41) is 25.6. The summed E-state index contributed by atoms with van der Waals surface area (Å²) in [5.74, 6) is -0.624. The van der Waals surface area contributed by atoms with Gasteiger partial charge in [0.15, 0.2) is 6.61 Å². The Balaban J connectivity index is 1.75. The molecule has 0 radical (unpaired) electrons. The molecule has 3 N–H and O–H groups in total. The maximum Gasteiger partial charge on any atom is 0.422 e. The van der Waals surface area contributed by atoms with Gasteiger partial charge in [0.2, 0.25) is 5.88 Å². The van der Waals surface area contributed by atoms with Crippen molar-refractivity contribution in [2.75, 3.05) is 19.8 Å². The number of aliphatic hydroxyl groups is 2. The number of hydrogen-bond donors (Lipinski definition) is 3. The van der Waals surface area contributed by atoms with Crippen LogP contribution in [0.2, 0.25) is 0 Å². The minimum Gasteiger partial charge on any atom is -0.468 e. The zero-order valence-corrected chi connectivity index (χ0v) is 16.4. The number of ether oxygens (including phenoxy) is 1. The van der Waals surface area contributed by atoms with Gasteiger partial charge in [0, 0.05) is 30.7 Å². The first-order chi connectivity index (χ1) is 14.7. The number of rotatable bonds is 8. The van der Waals surface area contributed by atoms with E-state index < -0.39 is 31.4 Å². The number of alkyl halides is 3. The molecule has 3 heterocycles. The van der Waals surface area contributed by atoms with E-state index in [1.54, 1.807) is 29.9 Å². The molecule has 3 aromatic heterocycles. The number of carbonyl (C=O) groups is 1. The standard InChI is InChI=1S/C19H20F3N5O4/c1-11-4-12(5-25-18(11)31-10-19(20,21)22)7-27-8-14-15(26-27)2-3-23-16(14)17(30)24-6-13(29)9-28/h2-5,8,13,28-29H,6-7,9-10H2,1H3,(H,24,30)/t13-/m1/s1. The van der Waals surface area contributed by atoms with Crippen molar-refractivity contribution in [2.45, 2.75) is 25.7 Å². The summed E-state index contributed by atoms with van der Waals surface area (Å²) in [6, 6.07) is 3.27. The summed E-state index contributed by atoms with van der Waals surface area (Å²) in [6.07, 6.45) is -1.09. The summed E-state index contributed by atoms with van der Waals surface area (Å²) in [4.78, 5) is 20.4. The Morgan fingerprint density at radius 2 is 2.13 bits per heavy atom. The molecule has 0 unspecified atom stereocenters. The number of hydrogen-bond acceptors (Lipinski definition) is 7. The zero-order chi connectivity index (χ0) is 22.6. The van der Waals surface area contributed by atoms with Crippen LogP contribution in [0.1, 0.15) is 21.6 Å². The maximum absolute atomic E-state index is 12.4. The van der Waals surface area contributed by atoms with E-state index in [-0.39, 0.29) is 24.7 Å². The molecule has 9 nitrogen and oxygen atoms in total. The Kier molecular flexibility index (Phi) is 6.71. The van der Waals surface area contributed by atoms with Crippen LogP contribution in [0.25, 0.3) is 10.9 Å². The Morgan fingerprint density at radius 3 is 2.81 bits per heavy atom. The van der Waals surface area contributed by atoms with Crippen LogP contribution in [0.5, 0.6) is 5.88 Å². The van der Waals surface area contributed by atoms with Gasteiger partial charge in [-0.3, -0.25) is 14.5 Å². The second-order valence-corrected chi connectivity index (χ2v) is 6.83. The normalized spacial score (nSPS) is 12.7. The van der Waals surface area contributed by atoms with Crippen LogP contribution in [0.15, 0.2) is 30.7 Å². The molecule has 0 bridgehead atoms. The minimum absolute atomic E-state index is 0.0973. The average Bonchev–Trinajstić information content (AvgIpc) is 3.12. The summed E-state index contributed by atoms with van der Waals surface area (Å²) in [7, 11) is 0. The fourth-order valence-electron chi connectivity index (χ4n) is 2.81. The third-order valence-corrected chi connectivity index (χ3v) is 4.21. The highest BCUT2D eigenvalue weighted by Crippen LogP contribution is 2.21. The van der Waals surface area contributed by atoms with Crippen molar-refractivity contribution in [1.82, 2.24) is 25.1 Å². The molecule has 0 aliphatic rings. The molecular weight excluding hydrogens is 419 g/mol. The van der Waals surface area contributed by atoms with Crippen molar-refractivity contribution in [3.05, 3.63) is 47.5 Å². The molecule has 31 heavy (non-hydrogen) atoms. The van der Waals surface area contributed by atoms with Crippen LogP contribution in [-0.4, -0.2) is 67.9 Å². The molecule has 0 aromatic carbocycles. The number of nitrogens with zero attached hydrogens (tertiary/aromatic N) is 4. The van der Waals surface area contributed by atoms with Crippen molar-refractivity contribution < 1.29 is 32.9 Å². The molecule has 0 aliphatic carbocycles. The first-order valence-corrected chi connectivity index (χ1v) is 9.20. The molecule has 1 amide bonds. The molecule has 0 fully saturated rings. The van der Waals surface area contributed by atoms with Crippen LogP contribution < -0.4 is 10.1 Å². The highest BCUT2D eigenvalue weighted by molar-refractivity contribution is 6.04. The molecule has 0 spiro atoms. The van der Waals surface area contributed by atoms with Gasteiger partial charge in [-0.1, -0.05) is 0 Å². The number of pyridine rings is 2. The highest BCUT2D eigenvalue weighted by Gasteiger charge is 2.29. The number of carbonyl (C=O) groups excluding carboxylic acids is 1. The molecule has 0 aliphatic heterocycles. The Bertz CT molecular complexity index is 1070. The molecule has 166 valence electrons. The van der Waals surface area contributed by atoms with E-state index in [0.717, 1.165) is 0 Å². The van der Waals surface area contributed by atoms with E-state index in [4.69, 9.17) is 9.84 Å². The molecule has 3 rings (SSSR count). The number of aliphatic hydroxyl groups excluding tert-OH is 2. The van der Waals surface area contributed by atoms with Crippen molar-refractivity contribution in [3.63, 3.8) is 0 Å². The van der Waals surface area contributed by atoms with Crippen LogP contribution in [0.4, 0.5) is 13.2 Å². The van der Waals surface area contributed by atoms with E-state index in [1.165, 1.54) is 12.4 Å². The fourth-order valence-corrected chi connectivity index (χ4v) is 2.81. The lowest BCUT2D eigenvalue weighted by molar-refractivity contribution is -0.154. The van der Waals surface area contributed by atoms with E-state index >= 15 is 0 Å². The van der Waals surface area contributed by atoms with Gasteiger partial charge >= 0.3 is 6.18 Å². The minimum atomic E-state index is -4.45. The van der Waals surface area contributed by atoms with E-state index in [0.29, 0.717) is 22.0 Å². The molecule has 12 heteroatoms. The average molecular weight is 439 g/mol. The zero-order valence-electron chi connectivity index (χ0n) is 16.4. The summed E-state index contributed by atoms with van der Waals surface area (Å²) >= 11 is 0. The van der Waals surface area contributed by atoms with Gasteiger partial charge in [0.1, 0.15) is 5.69 Å².